The first-order chi connectivity index (χ1) is 9.88. The molecule has 0 spiro atoms. The molecule has 0 saturated heterocycles. The molecule has 112 valence electrons. The molecule has 1 amide bonds. The highest BCUT2D eigenvalue weighted by Crippen LogP contribution is 2.23. The van der Waals surface area contributed by atoms with E-state index < -0.39 is 0 Å². The van der Waals surface area contributed by atoms with Gasteiger partial charge >= 0.3 is 5.69 Å². The summed E-state index contributed by atoms with van der Waals surface area (Å²) in [4.78, 5) is 24.0. The first-order valence-electron chi connectivity index (χ1n) is 6.50. The number of nitrogens with zero attached hydrogens (tertiary/aromatic N) is 2. The third-order valence-corrected chi connectivity index (χ3v) is 3.34. The van der Waals surface area contributed by atoms with Crippen molar-refractivity contribution in [1.82, 2.24) is 9.13 Å². The molecular weight excluding hydrogens is 292 g/mol. The van der Waals surface area contributed by atoms with Gasteiger partial charge < -0.3 is 11.1 Å². The number of carbonyl (C=O) groups is 1. The summed E-state index contributed by atoms with van der Waals surface area (Å²) in [5, 5.41) is 3.04. The Morgan fingerprint density at radius 2 is 2.10 bits per heavy atom. The van der Waals surface area contributed by atoms with Crippen LogP contribution in [0.4, 0.5) is 11.4 Å². The number of halogens is 1. The molecule has 0 atom stereocenters. The van der Waals surface area contributed by atoms with Crippen LogP contribution in [0.2, 0.25) is 5.02 Å². The van der Waals surface area contributed by atoms with E-state index in [1.54, 1.807) is 35.2 Å². The minimum Gasteiger partial charge on any atom is -0.399 e. The lowest BCUT2D eigenvalue weighted by atomic mass is 10.3. The number of rotatable bonds is 4. The zero-order valence-electron chi connectivity index (χ0n) is 11.8. The second-order valence-electron chi connectivity index (χ2n) is 5.00. The fourth-order valence-corrected chi connectivity index (χ4v) is 2.09. The van der Waals surface area contributed by atoms with Crippen LogP contribution >= 0.6 is 11.6 Å². The molecule has 1 heterocycles. The minimum atomic E-state index is -0.342. The minimum absolute atomic E-state index is 0.0465. The molecule has 21 heavy (non-hydrogen) atoms. The monoisotopic (exact) mass is 308 g/mol. The van der Waals surface area contributed by atoms with Crippen LogP contribution in [0, 0.1) is 0 Å². The van der Waals surface area contributed by atoms with Gasteiger partial charge in [-0.05, 0) is 32.0 Å². The molecule has 1 aromatic carbocycles. The van der Waals surface area contributed by atoms with Crippen LogP contribution in [0.1, 0.15) is 19.9 Å². The van der Waals surface area contributed by atoms with E-state index in [1.807, 2.05) is 13.8 Å². The van der Waals surface area contributed by atoms with Crippen LogP contribution in [0.3, 0.4) is 0 Å². The average molecular weight is 309 g/mol. The Kier molecular flexibility index (Phi) is 4.37. The molecule has 0 aliphatic rings. The second-order valence-corrected chi connectivity index (χ2v) is 5.40. The Hall–Kier alpha value is -2.21. The highest BCUT2D eigenvalue weighted by atomic mass is 35.5. The first kappa shape index (κ1) is 15.2. The van der Waals surface area contributed by atoms with Crippen molar-refractivity contribution >= 4 is 28.9 Å². The van der Waals surface area contributed by atoms with Crippen LogP contribution in [0.25, 0.3) is 0 Å². The van der Waals surface area contributed by atoms with E-state index in [9.17, 15) is 9.59 Å². The molecule has 0 fully saturated rings. The van der Waals surface area contributed by atoms with Gasteiger partial charge in [0.2, 0.25) is 5.91 Å². The maximum atomic E-state index is 12.0. The maximum Gasteiger partial charge on any atom is 0.328 e. The lowest BCUT2D eigenvalue weighted by Gasteiger charge is -2.08. The Bertz CT molecular complexity index is 718. The molecule has 7 heteroatoms. The summed E-state index contributed by atoms with van der Waals surface area (Å²) in [5.74, 6) is -0.342. The summed E-state index contributed by atoms with van der Waals surface area (Å²) in [7, 11) is 0. The quantitative estimate of drug-likeness (QED) is 0.849. The van der Waals surface area contributed by atoms with Crippen LogP contribution in [0.15, 0.2) is 35.4 Å². The Balaban J connectivity index is 2.12. The van der Waals surface area contributed by atoms with Crippen molar-refractivity contribution in [3.63, 3.8) is 0 Å². The normalized spacial score (nSPS) is 10.9. The number of nitrogen functional groups attached to an aromatic ring is 1. The zero-order chi connectivity index (χ0) is 15.6. The third kappa shape index (κ3) is 3.46. The Morgan fingerprint density at radius 3 is 2.71 bits per heavy atom. The molecule has 2 aromatic rings. The predicted molar refractivity (Wildman–Crippen MR) is 83.6 cm³/mol. The molecule has 3 N–H and O–H groups in total. The largest absolute Gasteiger partial charge is 0.399 e. The summed E-state index contributed by atoms with van der Waals surface area (Å²) in [6.45, 7) is 3.72. The maximum absolute atomic E-state index is 12.0. The number of hydrogen-bond donors (Lipinski definition) is 2. The number of nitrogens with one attached hydrogen (secondary N) is 1. The van der Waals surface area contributed by atoms with Crippen molar-refractivity contribution in [1.29, 1.82) is 0 Å². The van der Waals surface area contributed by atoms with Gasteiger partial charge in [0.25, 0.3) is 0 Å². The number of aromatic nitrogens is 2. The number of imidazole rings is 1. The molecule has 0 aliphatic heterocycles. The molecule has 1 aromatic heterocycles. The standard InChI is InChI=1S/C14H17ClN4O2/c1-9(2)19-6-5-18(14(19)21)8-13(20)17-12-7-10(16)3-4-11(12)15/h3-7,9H,8,16H2,1-2H3,(H,17,20). The first-order valence-corrected chi connectivity index (χ1v) is 6.88. The fourth-order valence-electron chi connectivity index (χ4n) is 1.92. The summed E-state index contributed by atoms with van der Waals surface area (Å²) in [6.07, 6.45) is 3.25. The lowest BCUT2D eigenvalue weighted by Crippen LogP contribution is -2.29. The van der Waals surface area contributed by atoms with Crippen LogP contribution in [-0.4, -0.2) is 15.0 Å². The summed E-state index contributed by atoms with van der Waals surface area (Å²) in [6, 6.07) is 4.87. The SMILES string of the molecule is CC(C)n1ccn(CC(=O)Nc2cc(N)ccc2Cl)c1=O. The van der Waals surface area contributed by atoms with E-state index in [2.05, 4.69) is 5.32 Å². The smallest absolute Gasteiger partial charge is 0.328 e. The number of amides is 1. The van der Waals surface area contributed by atoms with Gasteiger partial charge in [-0.1, -0.05) is 11.6 Å². The van der Waals surface area contributed by atoms with Crippen LogP contribution in [-0.2, 0) is 11.3 Å². The van der Waals surface area contributed by atoms with Gasteiger partial charge in [0, 0.05) is 24.1 Å². The zero-order valence-corrected chi connectivity index (χ0v) is 12.6. The van der Waals surface area contributed by atoms with Crippen molar-refractivity contribution < 1.29 is 4.79 Å². The number of benzene rings is 1. The molecule has 2 rings (SSSR count). The van der Waals surface area contributed by atoms with Crippen LogP contribution in [0.5, 0.6) is 0 Å². The molecule has 0 unspecified atom stereocenters. The van der Waals surface area contributed by atoms with Gasteiger partial charge in [-0.2, -0.15) is 0 Å². The van der Waals surface area contributed by atoms with E-state index >= 15 is 0 Å². The van der Waals surface area contributed by atoms with Gasteiger partial charge in [-0.25, -0.2) is 4.79 Å². The van der Waals surface area contributed by atoms with E-state index in [0.717, 1.165) is 0 Å². The third-order valence-electron chi connectivity index (χ3n) is 3.01. The number of anilines is 2. The van der Waals surface area contributed by atoms with Crippen molar-refractivity contribution in [2.75, 3.05) is 11.1 Å². The average Bonchev–Trinajstić information content (AvgIpc) is 2.75. The number of nitrogens with two attached hydrogens (primary N) is 1. The van der Waals surface area contributed by atoms with Crippen molar-refractivity contribution in [2.45, 2.75) is 26.4 Å². The van der Waals surface area contributed by atoms with Gasteiger partial charge in [0.1, 0.15) is 6.54 Å². The molecule has 0 radical (unpaired) electrons. The van der Waals surface area contributed by atoms with Gasteiger partial charge in [0.15, 0.2) is 0 Å². The van der Waals surface area contributed by atoms with Crippen molar-refractivity contribution in [3.8, 4) is 0 Å². The van der Waals surface area contributed by atoms with Crippen molar-refractivity contribution in [3.05, 3.63) is 46.1 Å². The Morgan fingerprint density at radius 1 is 1.38 bits per heavy atom. The molecule has 0 bridgehead atoms. The summed E-state index contributed by atoms with van der Waals surface area (Å²) < 4.78 is 2.90. The fraction of sp³-hybridized carbons (Fsp3) is 0.286. The van der Waals surface area contributed by atoms with Crippen molar-refractivity contribution in [2.24, 2.45) is 0 Å². The topological polar surface area (TPSA) is 82.1 Å². The van der Waals surface area contributed by atoms with E-state index in [4.69, 9.17) is 17.3 Å². The molecule has 6 nitrogen and oxygen atoms in total. The highest BCUT2D eigenvalue weighted by Gasteiger charge is 2.11. The summed E-state index contributed by atoms with van der Waals surface area (Å²) >= 11 is 5.98. The summed E-state index contributed by atoms with van der Waals surface area (Å²) in [5.41, 5.74) is 6.35. The van der Waals surface area contributed by atoms with E-state index in [-0.39, 0.29) is 24.2 Å². The molecular formula is C14H17ClN4O2. The van der Waals surface area contributed by atoms with Crippen LogP contribution < -0.4 is 16.7 Å². The van der Waals surface area contributed by atoms with Gasteiger partial charge in [-0.3, -0.25) is 13.9 Å². The highest BCUT2D eigenvalue weighted by molar-refractivity contribution is 6.33. The van der Waals surface area contributed by atoms with Gasteiger partial charge in [-0.15, -0.1) is 0 Å². The van der Waals surface area contributed by atoms with E-state index in [1.165, 1.54) is 4.57 Å². The van der Waals surface area contributed by atoms with E-state index in [0.29, 0.717) is 16.4 Å². The lowest BCUT2D eigenvalue weighted by molar-refractivity contribution is -0.116. The Labute approximate surface area is 127 Å². The van der Waals surface area contributed by atoms with Gasteiger partial charge in [0.05, 0.1) is 10.7 Å². The second kappa shape index (κ2) is 6.05. The molecule has 0 saturated carbocycles. The molecule has 0 aliphatic carbocycles. The predicted octanol–water partition coefficient (Wildman–Crippen LogP) is 2.10. The number of carbonyl (C=O) groups excluding carboxylic acids is 1. The number of hydrogen-bond acceptors (Lipinski definition) is 3.